The molecule has 1 aromatic heterocycles. The molecule has 2 rings (SSSR count). The number of nitrogens with zero attached hydrogens (tertiary/aromatic N) is 1. The first kappa shape index (κ1) is 14.1. The maximum atomic E-state index is 11.5. The van der Waals surface area contributed by atoms with Crippen molar-refractivity contribution < 1.29 is 9.53 Å². The standard InChI is InChI=1S/C15H19N3O2/c1-15(2,3)20-14(19)16-9-5-7-11-6-4-8-12-13(11)18-10-17-12/h4-8,10H,9H2,1-3H3,(H,16,19)(H,17,18). The average Bonchev–Trinajstić information content (AvgIpc) is 2.81. The van der Waals surface area contributed by atoms with Crippen LogP contribution in [0.25, 0.3) is 17.1 Å². The predicted molar refractivity (Wildman–Crippen MR) is 79.4 cm³/mol. The largest absolute Gasteiger partial charge is 0.444 e. The van der Waals surface area contributed by atoms with Crippen LogP contribution in [0, 0.1) is 0 Å². The highest BCUT2D eigenvalue weighted by atomic mass is 16.6. The SMILES string of the molecule is CC(C)(C)OC(=O)NCC=Cc1cccc2[nH]cnc12. The summed E-state index contributed by atoms with van der Waals surface area (Å²) in [6.07, 6.45) is 5.05. The molecule has 5 heteroatoms. The number of aromatic amines is 1. The van der Waals surface area contributed by atoms with Crippen molar-refractivity contribution in [2.45, 2.75) is 26.4 Å². The van der Waals surface area contributed by atoms with Crippen LogP contribution >= 0.6 is 0 Å². The smallest absolute Gasteiger partial charge is 0.407 e. The van der Waals surface area contributed by atoms with Gasteiger partial charge in [-0.2, -0.15) is 0 Å². The highest BCUT2D eigenvalue weighted by molar-refractivity contribution is 5.84. The van der Waals surface area contributed by atoms with Crippen molar-refractivity contribution in [2.75, 3.05) is 6.54 Å². The Morgan fingerprint density at radius 2 is 2.25 bits per heavy atom. The number of fused-ring (bicyclic) bond motifs is 1. The molecule has 0 aliphatic heterocycles. The summed E-state index contributed by atoms with van der Waals surface area (Å²) in [5, 5.41) is 2.68. The maximum Gasteiger partial charge on any atom is 0.407 e. The van der Waals surface area contributed by atoms with E-state index in [9.17, 15) is 4.79 Å². The molecule has 1 heterocycles. The molecule has 0 unspecified atom stereocenters. The molecule has 1 aromatic carbocycles. The van der Waals surface area contributed by atoms with Crippen LogP contribution in [0.2, 0.25) is 0 Å². The molecule has 2 N–H and O–H groups in total. The van der Waals surface area contributed by atoms with E-state index in [0.29, 0.717) is 6.54 Å². The Morgan fingerprint density at radius 3 is 3.00 bits per heavy atom. The molecule has 0 aliphatic carbocycles. The fourth-order valence-electron chi connectivity index (χ4n) is 1.77. The second kappa shape index (κ2) is 5.77. The Morgan fingerprint density at radius 1 is 1.45 bits per heavy atom. The first-order valence-corrected chi connectivity index (χ1v) is 6.51. The molecule has 2 aromatic rings. The first-order chi connectivity index (χ1) is 9.46. The van der Waals surface area contributed by atoms with E-state index in [4.69, 9.17) is 4.74 Å². The van der Waals surface area contributed by atoms with Gasteiger partial charge in [-0.3, -0.25) is 0 Å². The molecule has 0 fully saturated rings. The van der Waals surface area contributed by atoms with Crippen LogP contribution in [0.4, 0.5) is 4.79 Å². The summed E-state index contributed by atoms with van der Waals surface area (Å²) in [4.78, 5) is 18.8. The van der Waals surface area contributed by atoms with Gasteiger partial charge in [-0.25, -0.2) is 9.78 Å². The summed E-state index contributed by atoms with van der Waals surface area (Å²) < 4.78 is 5.15. The minimum atomic E-state index is -0.478. The molecule has 106 valence electrons. The van der Waals surface area contributed by atoms with Crippen LogP contribution < -0.4 is 5.32 Å². The van der Waals surface area contributed by atoms with Crippen molar-refractivity contribution in [1.29, 1.82) is 0 Å². The van der Waals surface area contributed by atoms with E-state index >= 15 is 0 Å². The second-order valence-corrected chi connectivity index (χ2v) is 5.43. The Kier molecular flexibility index (Phi) is 4.08. The Labute approximate surface area is 118 Å². The lowest BCUT2D eigenvalue weighted by atomic mass is 10.1. The van der Waals surface area contributed by atoms with Gasteiger partial charge >= 0.3 is 6.09 Å². The highest BCUT2D eigenvalue weighted by Gasteiger charge is 2.14. The summed E-state index contributed by atoms with van der Waals surface area (Å²) in [5.74, 6) is 0. The third kappa shape index (κ3) is 3.85. The number of carbonyl (C=O) groups excluding carboxylic acids is 1. The van der Waals surface area contributed by atoms with Gasteiger partial charge in [0.05, 0.1) is 17.4 Å². The molecular weight excluding hydrogens is 254 g/mol. The van der Waals surface area contributed by atoms with Gasteiger partial charge in [0.2, 0.25) is 0 Å². The zero-order chi connectivity index (χ0) is 14.6. The van der Waals surface area contributed by atoms with Crippen molar-refractivity contribution in [2.24, 2.45) is 0 Å². The van der Waals surface area contributed by atoms with E-state index in [1.165, 1.54) is 0 Å². The van der Waals surface area contributed by atoms with E-state index in [-0.39, 0.29) is 0 Å². The summed E-state index contributed by atoms with van der Waals surface area (Å²) in [6, 6.07) is 5.91. The van der Waals surface area contributed by atoms with Crippen molar-refractivity contribution in [3.8, 4) is 0 Å². The van der Waals surface area contributed by atoms with Gasteiger partial charge in [-0.05, 0) is 26.8 Å². The van der Waals surface area contributed by atoms with Gasteiger partial charge < -0.3 is 15.0 Å². The average molecular weight is 273 g/mol. The van der Waals surface area contributed by atoms with E-state index in [1.807, 2.05) is 51.1 Å². The van der Waals surface area contributed by atoms with Crippen LogP contribution in [-0.4, -0.2) is 28.2 Å². The zero-order valence-electron chi connectivity index (χ0n) is 11.9. The lowest BCUT2D eigenvalue weighted by Crippen LogP contribution is -2.32. The molecular formula is C15H19N3O2. The number of benzene rings is 1. The number of rotatable bonds is 3. The number of imidazole rings is 1. The van der Waals surface area contributed by atoms with Gasteiger partial charge in [0.1, 0.15) is 5.60 Å². The second-order valence-electron chi connectivity index (χ2n) is 5.43. The third-order valence-corrected chi connectivity index (χ3v) is 2.54. The van der Waals surface area contributed by atoms with Crippen LogP contribution in [-0.2, 0) is 4.74 Å². The lowest BCUT2D eigenvalue weighted by Gasteiger charge is -2.19. The molecule has 0 saturated heterocycles. The minimum Gasteiger partial charge on any atom is -0.444 e. The van der Waals surface area contributed by atoms with Crippen LogP contribution in [0.15, 0.2) is 30.6 Å². The highest BCUT2D eigenvalue weighted by Crippen LogP contribution is 2.15. The number of ether oxygens (including phenoxy) is 1. The Balaban J connectivity index is 1.91. The number of nitrogens with one attached hydrogen (secondary N) is 2. The number of alkyl carbamates (subject to hydrolysis) is 1. The van der Waals surface area contributed by atoms with E-state index in [2.05, 4.69) is 15.3 Å². The quantitative estimate of drug-likeness (QED) is 0.903. The maximum absolute atomic E-state index is 11.5. The molecule has 0 spiro atoms. The summed E-state index contributed by atoms with van der Waals surface area (Å²) >= 11 is 0. The van der Waals surface area contributed by atoms with Crippen molar-refractivity contribution >= 4 is 23.2 Å². The van der Waals surface area contributed by atoms with Crippen molar-refractivity contribution in [3.05, 3.63) is 36.2 Å². The number of amides is 1. The topological polar surface area (TPSA) is 67.0 Å². The molecule has 0 bridgehead atoms. The van der Waals surface area contributed by atoms with E-state index in [0.717, 1.165) is 16.6 Å². The Bertz CT molecular complexity index is 623. The van der Waals surface area contributed by atoms with Crippen molar-refractivity contribution in [3.63, 3.8) is 0 Å². The third-order valence-electron chi connectivity index (χ3n) is 2.54. The molecule has 0 atom stereocenters. The zero-order valence-corrected chi connectivity index (χ0v) is 11.9. The molecule has 0 radical (unpaired) electrons. The normalized spacial score (nSPS) is 11.9. The number of hydrogen-bond donors (Lipinski definition) is 2. The van der Waals surface area contributed by atoms with Crippen LogP contribution in [0.3, 0.4) is 0 Å². The van der Waals surface area contributed by atoms with Crippen LogP contribution in [0.1, 0.15) is 26.3 Å². The van der Waals surface area contributed by atoms with Gasteiger partial charge in [0.25, 0.3) is 0 Å². The number of hydrogen-bond acceptors (Lipinski definition) is 3. The first-order valence-electron chi connectivity index (χ1n) is 6.51. The van der Waals surface area contributed by atoms with E-state index < -0.39 is 11.7 Å². The number of carbonyl (C=O) groups is 1. The fraction of sp³-hybridized carbons (Fsp3) is 0.333. The number of H-pyrrole nitrogens is 1. The molecule has 0 aliphatic rings. The number of aromatic nitrogens is 2. The molecule has 5 nitrogen and oxygen atoms in total. The van der Waals surface area contributed by atoms with Crippen molar-refractivity contribution in [1.82, 2.24) is 15.3 Å². The van der Waals surface area contributed by atoms with Gasteiger partial charge in [0, 0.05) is 12.1 Å². The summed E-state index contributed by atoms with van der Waals surface area (Å²) in [7, 11) is 0. The minimum absolute atomic E-state index is 0.412. The van der Waals surface area contributed by atoms with E-state index in [1.54, 1.807) is 6.33 Å². The van der Waals surface area contributed by atoms with Gasteiger partial charge in [-0.15, -0.1) is 0 Å². The number of para-hydroxylation sites is 1. The summed E-state index contributed by atoms with van der Waals surface area (Å²) in [6.45, 7) is 5.91. The lowest BCUT2D eigenvalue weighted by molar-refractivity contribution is 0.0534. The van der Waals surface area contributed by atoms with Crippen LogP contribution in [0.5, 0.6) is 0 Å². The predicted octanol–water partition coefficient (Wildman–Crippen LogP) is 3.10. The van der Waals surface area contributed by atoms with Gasteiger partial charge in [0.15, 0.2) is 0 Å². The molecule has 0 saturated carbocycles. The monoisotopic (exact) mass is 273 g/mol. The summed E-state index contributed by atoms with van der Waals surface area (Å²) in [5.41, 5.74) is 2.44. The molecule has 20 heavy (non-hydrogen) atoms. The Hall–Kier alpha value is -2.30. The van der Waals surface area contributed by atoms with Gasteiger partial charge in [-0.1, -0.05) is 24.3 Å². The molecule has 1 amide bonds. The fourth-order valence-corrected chi connectivity index (χ4v) is 1.77.